The van der Waals surface area contributed by atoms with Crippen molar-refractivity contribution in [3.8, 4) is 5.75 Å². The average Bonchev–Trinajstić information content (AvgIpc) is 3.75. The zero-order valence-electron chi connectivity index (χ0n) is 28.5. The molecule has 3 aromatic heterocycles. The third-order valence-electron chi connectivity index (χ3n) is 9.39. The molecular formula is C35H39F6N3O5S2. The molecule has 278 valence electrons. The number of aromatic nitrogens is 1. The number of hydrogen-bond donors (Lipinski definition) is 0. The lowest BCUT2D eigenvalue weighted by atomic mass is 9.77. The lowest BCUT2D eigenvalue weighted by Gasteiger charge is -2.51. The maximum absolute atomic E-state index is 15.4. The van der Waals surface area contributed by atoms with E-state index in [2.05, 4.69) is 4.98 Å². The summed E-state index contributed by atoms with van der Waals surface area (Å²) in [4.78, 5) is 49.0. The van der Waals surface area contributed by atoms with E-state index in [1.165, 1.54) is 11.3 Å². The Morgan fingerprint density at radius 2 is 1.76 bits per heavy atom. The number of rotatable bonds is 10. The minimum atomic E-state index is -4.91. The van der Waals surface area contributed by atoms with Crippen molar-refractivity contribution in [3.05, 3.63) is 67.8 Å². The van der Waals surface area contributed by atoms with E-state index < -0.39 is 69.4 Å². The van der Waals surface area contributed by atoms with E-state index in [0.29, 0.717) is 24.2 Å². The van der Waals surface area contributed by atoms with Gasteiger partial charge in [0, 0.05) is 42.0 Å². The maximum Gasteiger partial charge on any atom is 0.425 e. The number of ether oxygens (including phenoxy) is 2. The van der Waals surface area contributed by atoms with Gasteiger partial charge in [-0.25, -0.2) is 0 Å². The zero-order valence-corrected chi connectivity index (χ0v) is 30.2. The Labute approximate surface area is 299 Å². The van der Waals surface area contributed by atoms with Crippen molar-refractivity contribution in [2.24, 2.45) is 5.41 Å². The number of piperidine rings is 1. The summed E-state index contributed by atoms with van der Waals surface area (Å²) in [5.74, 6) is -2.41. The van der Waals surface area contributed by atoms with Crippen LogP contribution in [0.4, 0.5) is 26.3 Å². The first kappa shape index (κ1) is 38.6. The molecule has 0 radical (unpaired) electrons. The lowest BCUT2D eigenvalue weighted by Crippen LogP contribution is -2.68. The van der Waals surface area contributed by atoms with Crippen LogP contribution < -0.4 is 4.74 Å². The van der Waals surface area contributed by atoms with Gasteiger partial charge < -0.3 is 19.3 Å². The fourth-order valence-corrected chi connectivity index (χ4v) is 8.79. The molecule has 2 aliphatic rings. The summed E-state index contributed by atoms with van der Waals surface area (Å²) in [5, 5.41) is 3.02. The minimum Gasteiger partial charge on any atom is -0.474 e. The van der Waals surface area contributed by atoms with Gasteiger partial charge in [-0.15, -0.1) is 22.7 Å². The van der Waals surface area contributed by atoms with Crippen LogP contribution in [-0.2, 0) is 33.1 Å². The molecule has 16 heteroatoms. The predicted octanol–water partition coefficient (Wildman–Crippen LogP) is 8.57. The van der Waals surface area contributed by atoms with E-state index in [1.54, 1.807) is 32.6 Å². The molecule has 0 N–H and O–H groups in total. The van der Waals surface area contributed by atoms with Crippen molar-refractivity contribution in [1.29, 1.82) is 0 Å². The molecule has 2 aliphatic heterocycles. The van der Waals surface area contributed by atoms with Crippen molar-refractivity contribution in [2.75, 3.05) is 19.7 Å². The van der Waals surface area contributed by atoms with Crippen LogP contribution in [0.3, 0.4) is 0 Å². The summed E-state index contributed by atoms with van der Waals surface area (Å²) in [6, 6.07) is 2.69. The molecule has 51 heavy (non-hydrogen) atoms. The van der Waals surface area contributed by atoms with Gasteiger partial charge in [0.15, 0.2) is 0 Å². The second kappa shape index (κ2) is 14.8. The summed E-state index contributed by atoms with van der Waals surface area (Å²) in [7, 11) is 0. The number of pyridine rings is 1. The monoisotopic (exact) mass is 759 g/mol. The molecular weight excluding hydrogens is 721 g/mol. The van der Waals surface area contributed by atoms with Gasteiger partial charge in [0.25, 0.3) is 11.8 Å². The highest BCUT2D eigenvalue weighted by atomic mass is 32.1. The molecule has 0 aliphatic carbocycles. The SMILES string of the molecule is CCC[C@H]1N(C(=O)c2ncccc2C(F)(F)F)CCC[C@@]1(Oc1csc(C(F)(F)F)c1)C(=O)N1CCc2ccsc2C1CC(C)(C)C(=O)OCC. The van der Waals surface area contributed by atoms with Gasteiger partial charge in [0.05, 0.1) is 29.7 Å². The van der Waals surface area contributed by atoms with Crippen LogP contribution >= 0.6 is 22.7 Å². The van der Waals surface area contributed by atoms with E-state index in [-0.39, 0.29) is 51.1 Å². The highest BCUT2D eigenvalue weighted by Crippen LogP contribution is 2.47. The van der Waals surface area contributed by atoms with Crippen LogP contribution in [0.1, 0.15) is 97.2 Å². The van der Waals surface area contributed by atoms with E-state index >= 15 is 4.79 Å². The topological polar surface area (TPSA) is 89.0 Å². The molecule has 8 nitrogen and oxygen atoms in total. The fraction of sp³-hybridized carbons (Fsp3) is 0.543. The number of fused-ring (bicyclic) bond motifs is 1. The molecule has 0 spiro atoms. The molecule has 3 aromatic rings. The predicted molar refractivity (Wildman–Crippen MR) is 178 cm³/mol. The van der Waals surface area contributed by atoms with Crippen molar-refractivity contribution < 1.29 is 50.2 Å². The average molecular weight is 760 g/mol. The Balaban J connectivity index is 1.65. The number of hydrogen-bond acceptors (Lipinski definition) is 8. The quantitative estimate of drug-likeness (QED) is 0.152. The standard InChI is InChI=1S/C35H39F6N3O5S2/c1-5-9-25-33(49-22-18-26(51-20-22)35(39,40)41,13-8-15-44(25)29(45)27-23(34(36,37)38)10-7-14-42-27)30(46)43-16-11-21-12-17-50-28(21)24(43)19-32(3,4)31(47)48-6-2/h7,10,12,14,17-18,20,24-25H,5-6,8-9,11,13,15-16,19H2,1-4H3/t24?,25-,33+/m1/s1. The number of carbonyl (C=O) groups is 3. The van der Waals surface area contributed by atoms with Gasteiger partial charge in [-0.05, 0) is 75.6 Å². The Morgan fingerprint density at radius 1 is 1.02 bits per heavy atom. The molecule has 3 atom stereocenters. The number of alkyl halides is 6. The Bertz CT molecular complexity index is 1740. The lowest BCUT2D eigenvalue weighted by molar-refractivity contribution is -0.165. The first-order valence-corrected chi connectivity index (χ1v) is 18.4. The summed E-state index contributed by atoms with van der Waals surface area (Å²) in [5.41, 5.74) is -4.17. The maximum atomic E-state index is 15.4. The number of halogens is 6. The Kier molecular flexibility index (Phi) is 11.2. The number of thiophene rings is 2. The van der Waals surface area contributed by atoms with Gasteiger partial charge in [-0.1, -0.05) is 13.3 Å². The van der Waals surface area contributed by atoms with Gasteiger partial charge in [0.2, 0.25) is 5.60 Å². The number of likely N-dealkylation sites (tertiary alicyclic amines) is 1. The summed E-state index contributed by atoms with van der Waals surface area (Å²) in [6.45, 7) is 7.14. The van der Waals surface area contributed by atoms with Crippen LogP contribution in [0.25, 0.3) is 0 Å². The van der Waals surface area contributed by atoms with Crippen LogP contribution in [-0.4, -0.2) is 63.9 Å². The molecule has 1 saturated heterocycles. The molecule has 0 aromatic carbocycles. The Morgan fingerprint density at radius 3 is 2.41 bits per heavy atom. The second-order valence-electron chi connectivity index (χ2n) is 13.3. The van der Waals surface area contributed by atoms with Crippen LogP contribution in [0.5, 0.6) is 5.75 Å². The normalized spacial score (nSPS) is 21.3. The van der Waals surface area contributed by atoms with E-state index in [9.17, 15) is 35.9 Å². The van der Waals surface area contributed by atoms with Gasteiger partial charge >= 0.3 is 18.3 Å². The van der Waals surface area contributed by atoms with Gasteiger partial charge in [-0.2, -0.15) is 26.3 Å². The van der Waals surface area contributed by atoms with Gasteiger partial charge in [-0.3, -0.25) is 19.4 Å². The number of nitrogens with zero attached hydrogens (tertiary/aromatic N) is 3. The van der Waals surface area contributed by atoms with Crippen molar-refractivity contribution in [2.45, 2.75) is 96.3 Å². The molecule has 1 unspecified atom stereocenters. The van der Waals surface area contributed by atoms with Gasteiger partial charge in [0.1, 0.15) is 16.3 Å². The number of esters is 1. The largest absolute Gasteiger partial charge is 0.474 e. The molecule has 5 rings (SSSR count). The molecule has 0 saturated carbocycles. The van der Waals surface area contributed by atoms with Crippen LogP contribution in [0.2, 0.25) is 0 Å². The van der Waals surface area contributed by atoms with Crippen LogP contribution in [0.15, 0.2) is 41.2 Å². The van der Waals surface area contributed by atoms with E-state index in [0.717, 1.165) is 45.1 Å². The third-order valence-corrected chi connectivity index (χ3v) is 11.4. The van der Waals surface area contributed by atoms with E-state index in [4.69, 9.17) is 9.47 Å². The van der Waals surface area contributed by atoms with Crippen LogP contribution in [0, 0.1) is 5.41 Å². The summed E-state index contributed by atoms with van der Waals surface area (Å²) >= 11 is 1.79. The van der Waals surface area contributed by atoms with Crippen molar-refractivity contribution in [1.82, 2.24) is 14.8 Å². The summed E-state index contributed by atoms with van der Waals surface area (Å²) < 4.78 is 95.3. The third kappa shape index (κ3) is 7.76. The highest BCUT2D eigenvalue weighted by molar-refractivity contribution is 7.10. The Hall–Kier alpha value is -3.66. The number of amides is 2. The molecule has 5 heterocycles. The minimum absolute atomic E-state index is 0.0341. The fourth-order valence-electron chi connectivity index (χ4n) is 7.04. The first-order chi connectivity index (χ1) is 23.9. The molecule has 0 bridgehead atoms. The molecule has 1 fully saturated rings. The highest BCUT2D eigenvalue weighted by Gasteiger charge is 2.57. The smallest absolute Gasteiger partial charge is 0.425 e. The van der Waals surface area contributed by atoms with Crippen molar-refractivity contribution >= 4 is 40.5 Å². The summed E-state index contributed by atoms with van der Waals surface area (Å²) in [6.07, 6.45) is -7.45. The van der Waals surface area contributed by atoms with E-state index in [1.807, 2.05) is 11.4 Å². The second-order valence-corrected chi connectivity index (χ2v) is 15.2. The molecule has 2 amide bonds. The zero-order chi connectivity index (χ0) is 37.4. The number of carbonyl (C=O) groups excluding carboxylic acids is 3. The van der Waals surface area contributed by atoms with Crippen molar-refractivity contribution in [3.63, 3.8) is 0 Å². The first-order valence-electron chi connectivity index (χ1n) is 16.7.